The molecule has 2 rings (SSSR count). The quantitative estimate of drug-likeness (QED) is 0.770. The smallest absolute Gasteiger partial charge is 0.0467 e. The van der Waals surface area contributed by atoms with E-state index in [0.717, 1.165) is 18.1 Å². The molecule has 1 nitrogen and oxygen atoms in total. The Balaban J connectivity index is 2.31. The largest absolute Gasteiger partial charge is 0.317 e. The number of hydrogen-bond acceptors (Lipinski definition) is 1. The van der Waals surface area contributed by atoms with Gasteiger partial charge in [0.2, 0.25) is 0 Å². The Morgan fingerprint density at radius 1 is 1.20 bits per heavy atom. The molecule has 1 aromatic rings. The Hall–Kier alpha value is -0.530. The molecule has 0 atom stereocenters. The van der Waals surface area contributed by atoms with E-state index in [2.05, 4.69) is 31.3 Å². The molecule has 0 unspecified atom stereocenters. The van der Waals surface area contributed by atoms with Crippen LogP contribution in [0.5, 0.6) is 0 Å². The van der Waals surface area contributed by atoms with Crippen LogP contribution >= 0.6 is 11.6 Å². The summed E-state index contributed by atoms with van der Waals surface area (Å²) in [6, 6.07) is 4.40. The van der Waals surface area contributed by atoms with Gasteiger partial charge in [-0.05, 0) is 62.4 Å². The van der Waals surface area contributed by atoms with Crippen molar-refractivity contribution in [3.8, 4) is 0 Å². The summed E-state index contributed by atoms with van der Waals surface area (Å²) in [5.41, 5.74) is 3.92. The van der Waals surface area contributed by atoms with Crippen molar-refractivity contribution in [1.82, 2.24) is 5.32 Å². The van der Waals surface area contributed by atoms with Crippen molar-refractivity contribution in [3.05, 3.63) is 33.8 Å². The van der Waals surface area contributed by atoms with Crippen LogP contribution in [0.1, 0.15) is 35.4 Å². The second-order valence-corrected chi connectivity index (χ2v) is 4.81. The van der Waals surface area contributed by atoms with Crippen LogP contribution in [0, 0.1) is 13.8 Å². The van der Waals surface area contributed by atoms with Gasteiger partial charge in [0.1, 0.15) is 0 Å². The van der Waals surface area contributed by atoms with E-state index in [1.54, 1.807) is 0 Å². The third-order valence-electron chi connectivity index (χ3n) is 3.40. The maximum Gasteiger partial charge on any atom is 0.0467 e. The van der Waals surface area contributed by atoms with E-state index in [1.165, 1.54) is 29.5 Å². The number of hydrogen-bond donors (Lipinski definition) is 1. The molecule has 1 aliphatic heterocycles. The summed E-state index contributed by atoms with van der Waals surface area (Å²) in [6.07, 6.45) is 2.47. The normalized spacial score (nSPS) is 18.1. The van der Waals surface area contributed by atoms with Crippen molar-refractivity contribution < 1.29 is 0 Å². The third-order valence-corrected chi connectivity index (χ3v) is 3.98. The molecule has 15 heavy (non-hydrogen) atoms. The molecule has 0 radical (unpaired) electrons. The molecule has 0 bridgehead atoms. The van der Waals surface area contributed by atoms with Gasteiger partial charge in [0.05, 0.1) is 0 Å². The van der Waals surface area contributed by atoms with E-state index >= 15 is 0 Å². The number of nitrogens with one attached hydrogen (secondary N) is 1. The molecule has 0 spiro atoms. The lowest BCUT2D eigenvalue weighted by Crippen LogP contribution is -2.27. The first-order chi connectivity index (χ1) is 7.20. The van der Waals surface area contributed by atoms with Gasteiger partial charge in [0.15, 0.2) is 0 Å². The Morgan fingerprint density at radius 2 is 1.87 bits per heavy atom. The lowest BCUT2D eigenvalue weighted by molar-refractivity contribution is 0.459. The zero-order chi connectivity index (χ0) is 10.8. The molecule has 1 N–H and O–H groups in total. The van der Waals surface area contributed by atoms with Gasteiger partial charge in [-0.1, -0.05) is 23.7 Å². The Labute approximate surface area is 96.8 Å². The van der Waals surface area contributed by atoms with Gasteiger partial charge in [-0.25, -0.2) is 0 Å². The highest BCUT2D eigenvalue weighted by molar-refractivity contribution is 6.32. The third kappa shape index (κ3) is 2.19. The van der Waals surface area contributed by atoms with Gasteiger partial charge in [-0.15, -0.1) is 0 Å². The lowest BCUT2D eigenvalue weighted by atomic mass is 9.87. The van der Waals surface area contributed by atoms with Gasteiger partial charge in [0.25, 0.3) is 0 Å². The summed E-state index contributed by atoms with van der Waals surface area (Å²) in [5, 5.41) is 4.35. The molecular formula is C13H18ClN. The molecule has 2 heteroatoms. The van der Waals surface area contributed by atoms with E-state index in [0.29, 0.717) is 5.92 Å². The zero-order valence-corrected chi connectivity index (χ0v) is 10.2. The second kappa shape index (κ2) is 4.54. The first-order valence-electron chi connectivity index (χ1n) is 5.66. The van der Waals surface area contributed by atoms with Crippen molar-refractivity contribution in [2.75, 3.05) is 13.1 Å². The van der Waals surface area contributed by atoms with E-state index in [4.69, 9.17) is 11.6 Å². The van der Waals surface area contributed by atoms with Crippen LogP contribution in [0.4, 0.5) is 0 Å². The summed E-state index contributed by atoms with van der Waals surface area (Å²) >= 11 is 6.29. The van der Waals surface area contributed by atoms with Crippen molar-refractivity contribution in [1.29, 1.82) is 0 Å². The highest BCUT2D eigenvalue weighted by Gasteiger charge is 2.18. The average Bonchev–Trinajstić information content (AvgIpc) is 2.27. The highest BCUT2D eigenvalue weighted by Crippen LogP contribution is 2.32. The van der Waals surface area contributed by atoms with Crippen molar-refractivity contribution in [3.63, 3.8) is 0 Å². The van der Waals surface area contributed by atoms with Crippen LogP contribution in [0.2, 0.25) is 5.02 Å². The first-order valence-corrected chi connectivity index (χ1v) is 6.04. The van der Waals surface area contributed by atoms with Gasteiger partial charge >= 0.3 is 0 Å². The number of halogens is 1. The van der Waals surface area contributed by atoms with Crippen LogP contribution in [0.15, 0.2) is 12.1 Å². The van der Waals surface area contributed by atoms with Crippen molar-refractivity contribution in [2.45, 2.75) is 32.6 Å². The molecule has 82 valence electrons. The Kier molecular flexibility index (Phi) is 3.32. The van der Waals surface area contributed by atoms with Crippen molar-refractivity contribution in [2.24, 2.45) is 0 Å². The average molecular weight is 224 g/mol. The van der Waals surface area contributed by atoms with E-state index in [9.17, 15) is 0 Å². The Bertz CT molecular complexity index is 354. The topological polar surface area (TPSA) is 12.0 Å². The molecule has 1 heterocycles. The number of piperidine rings is 1. The molecular weight excluding hydrogens is 206 g/mol. The predicted molar refractivity (Wildman–Crippen MR) is 65.8 cm³/mol. The molecule has 1 aliphatic rings. The predicted octanol–water partition coefficient (Wildman–Crippen LogP) is 3.42. The fourth-order valence-corrected chi connectivity index (χ4v) is 2.58. The lowest BCUT2D eigenvalue weighted by Gasteiger charge is -2.25. The minimum Gasteiger partial charge on any atom is -0.317 e. The van der Waals surface area contributed by atoms with E-state index in [1.807, 2.05) is 0 Å². The minimum absolute atomic E-state index is 0.698. The maximum absolute atomic E-state index is 6.29. The van der Waals surface area contributed by atoms with Gasteiger partial charge in [-0.2, -0.15) is 0 Å². The van der Waals surface area contributed by atoms with Crippen LogP contribution in [0.3, 0.4) is 0 Å². The van der Waals surface area contributed by atoms with Crippen LogP contribution in [-0.2, 0) is 0 Å². The highest BCUT2D eigenvalue weighted by atomic mass is 35.5. The summed E-state index contributed by atoms with van der Waals surface area (Å²) in [5.74, 6) is 0.698. The minimum atomic E-state index is 0.698. The van der Waals surface area contributed by atoms with Gasteiger partial charge in [0, 0.05) is 5.02 Å². The molecule has 0 aliphatic carbocycles. The molecule has 1 aromatic carbocycles. The summed E-state index contributed by atoms with van der Waals surface area (Å²) in [4.78, 5) is 0. The van der Waals surface area contributed by atoms with Crippen LogP contribution in [-0.4, -0.2) is 13.1 Å². The second-order valence-electron chi connectivity index (χ2n) is 4.43. The molecule has 0 saturated carbocycles. The molecule has 1 saturated heterocycles. The van der Waals surface area contributed by atoms with Gasteiger partial charge < -0.3 is 5.32 Å². The monoisotopic (exact) mass is 223 g/mol. The van der Waals surface area contributed by atoms with Crippen molar-refractivity contribution >= 4 is 11.6 Å². The zero-order valence-electron chi connectivity index (χ0n) is 9.44. The summed E-state index contributed by atoms with van der Waals surface area (Å²) in [6.45, 7) is 6.49. The first kappa shape index (κ1) is 11.0. The molecule has 1 fully saturated rings. The number of aryl methyl sites for hydroxylation is 1. The summed E-state index contributed by atoms with van der Waals surface area (Å²) < 4.78 is 0. The fourth-order valence-electron chi connectivity index (χ4n) is 2.41. The standard InChI is InChI=1S/C13H18ClN/c1-9-3-4-12(10(2)13(9)14)11-5-7-15-8-6-11/h3-4,11,15H,5-8H2,1-2H3. The fraction of sp³-hybridized carbons (Fsp3) is 0.538. The SMILES string of the molecule is Cc1ccc(C2CCNCC2)c(C)c1Cl. The molecule has 0 aromatic heterocycles. The number of benzene rings is 1. The van der Waals surface area contributed by atoms with Crippen LogP contribution < -0.4 is 5.32 Å². The van der Waals surface area contributed by atoms with E-state index in [-0.39, 0.29) is 0 Å². The van der Waals surface area contributed by atoms with E-state index < -0.39 is 0 Å². The van der Waals surface area contributed by atoms with Crippen LogP contribution in [0.25, 0.3) is 0 Å². The maximum atomic E-state index is 6.29. The van der Waals surface area contributed by atoms with Gasteiger partial charge in [-0.3, -0.25) is 0 Å². The number of rotatable bonds is 1. The molecule has 0 amide bonds. The summed E-state index contributed by atoms with van der Waals surface area (Å²) in [7, 11) is 0. The Morgan fingerprint density at radius 3 is 2.53 bits per heavy atom.